The molecule has 1 aliphatic heterocycles. The fourth-order valence-corrected chi connectivity index (χ4v) is 3.79. The van der Waals surface area contributed by atoms with Crippen LogP contribution in [0.3, 0.4) is 0 Å². The molecule has 154 valence electrons. The average Bonchev–Trinajstić information content (AvgIpc) is 2.76. The first-order valence-electron chi connectivity index (χ1n) is 9.65. The van der Waals surface area contributed by atoms with Gasteiger partial charge in [0, 0.05) is 12.2 Å². The van der Waals surface area contributed by atoms with Gasteiger partial charge in [0.25, 0.3) is 0 Å². The Morgan fingerprint density at radius 1 is 1.17 bits per heavy atom. The van der Waals surface area contributed by atoms with Crippen molar-refractivity contribution in [1.82, 2.24) is 10.6 Å². The molecular formula is C22H27N3O3S. The molecule has 0 fully saturated rings. The molecule has 2 amide bonds. The SMILES string of the molecule is COc1ccc(NC(=O)[C@@H](CCSC)NC(=O)[C@H]2Cc3ccccc3CN2)cc1. The number of anilines is 1. The molecule has 1 heterocycles. The first-order chi connectivity index (χ1) is 14.1. The summed E-state index contributed by atoms with van der Waals surface area (Å²) in [6, 6.07) is 14.3. The van der Waals surface area contributed by atoms with Gasteiger partial charge in [-0.25, -0.2) is 0 Å². The number of fused-ring (bicyclic) bond motifs is 1. The largest absolute Gasteiger partial charge is 0.497 e. The second-order valence-corrected chi connectivity index (χ2v) is 7.95. The third-order valence-corrected chi connectivity index (χ3v) is 5.64. The Bertz CT molecular complexity index is 841. The van der Waals surface area contributed by atoms with E-state index >= 15 is 0 Å². The van der Waals surface area contributed by atoms with Crippen LogP contribution in [0.1, 0.15) is 17.5 Å². The molecule has 0 saturated carbocycles. The summed E-state index contributed by atoms with van der Waals surface area (Å²) >= 11 is 1.65. The van der Waals surface area contributed by atoms with Crippen molar-refractivity contribution in [3.63, 3.8) is 0 Å². The lowest BCUT2D eigenvalue weighted by Gasteiger charge is -2.27. The van der Waals surface area contributed by atoms with E-state index in [0.29, 0.717) is 25.1 Å². The molecule has 0 bridgehead atoms. The highest BCUT2D eigenvalue weighted by Crippen LogP contribution is 2.18. The molecule has 2 aromatic rings. The monoisotopic (exact) mass is 413 g/mol. The summed E-state index contributed by atoms with van der Waals surface area (Å²) in [7, 11) is 1.60. The zero-order valence-corrected chi connectivity index (χ0v) is 17.6. The van der Waals surface area contributed by atoms with Crippen LogP contribution in [0.2, 0.25) is 0 Å². The third-order valence-electron chi connectivity index (χ3n) is 5.00. The van der Waals surface area contributed by atoms with Crippen molar-refractivity contribution in [3.05, 3.63) is 59.7 Å². The van der Waals surface area contributed by atoms with Crippen LogP contribution in [-0.2, 0) is 22.6 Å². The molecule has 3 N–H and O–H groups in total. The first-order valence-corrected chi connectivity index (χ1v) is 11.0. The van der Waals surface area contributed by atoms with Crippen LogP contribution in [-0.4, -0.2) is 43.0 Å². The molecule has 0 spiro atoms. The summed E-state index contributed by atoms with van der Waals surface area (Å²) in [4.78, 5) is 25.6. The van der Waals surface area contributed by atoms with Crippen LogP contribution in [0.25, 0.3) is 0 Å². The molecule has 0 radical (unpaired) electrons. The minimum atomic E-state index is -0.587. The van der Waals surface area contributed by atoms with Crippen molar-refractivity contribution in [2.75, 3.05) is 24.4 Å². The summed E-state index contributed by atoms with van der Waals surface area (Å²) < 4.78 is 5.14. The Kier molecular flexibility index (Phi) is 7.55. The van der Waals surface area contributed by atoms with Gasteiger partial charge in [-0.2, -0.15) is 11.8 Å². The van der Waals surface area contributed by atoms with Gasteiger partial charge in [-0.3, -0.25) is 9.59 Å². The topological polar surface area (TPSA) is 79.5 Å². The maximum Gasteiger partial charge on any atom is 0.246 e. The van der Waals surface area contributed by atoms with E-state index < -0.39 is 6.04 Å². The van der Waals surface area contributed by atoms with Gasteiger partial charge in [0.15, 0.2) is 0 Å². The summed E-state index contributed by atoms with van der Waals surface area (Å²) in [6.45, 7) is 0.655. The van der Waals surface area contributed by atoms with E-state index in [1.54, 1.807) is 43.1 Å². The quantitative estimate of drug-likeness (QED) is 0.620. The Morgan fingerprint density at radius 2 is 1.90 bits per heavy atom. The molecule has 0 aromatic heterocycles. The van der Waals surface area contributed by atoms with Crippen molar-refractivity contribution in [2.24, 2.45) is 0 Å². The molecule has 3 rings (SSSR count). The highest BCUT2D eigenvalue weighted by molar-refractivity contribution is 7.98. The predicted molar refractivity (Wildman–Crippen MR) is 117 cm³/mol. The van der Waals surface area contributed by atoms with Crippen molar-refractivity contribution < 1.29 is 14.3 Å². The van der Waals surface area contributed by atoms with E-state index in [9.17, 15) is 9.59 Å². The molecule has 7 heteroatoms. The lowest BCUT2D eigenvalue weighted by molar-refractivity contribution is -0.128. The van der Waals surface area contributed by atoms with Crippen molar-refractivity contribution in [3.8, 4) is 5.75 Å². The zero-order chi connectivity index (χ0) is 20.6. The molecule has 2 aromatic carbocycles. The van der Waals surface area contributed by atoms with Crippen LogP contribution < -0.4 is 20.7 Å². The van der Waals surface area contributed by atoms with Crippen molar-refractivity contribution in [1.29, 1.82) is 0 Å². The summed E-state index contributed by atoms with van der Waals surface area (Å²) in [6.07, 6.45) is 3.18. The molecule has 0 aliphatic carbocycles. The zero-order valence-electron chi connectivity index (χ0n) is 16.7. The van der Waals surface area contributed by atoms with Crippen LogP contribution in [0.15, 0.2) is 48.5 Å². The van der Waals surface area contributed by atoms with Gasteiger partial charge >= 0.3 is 0 Å². The predicted octanol–water partition coefficient (Wildman–Crippen LogP) is 2.59. The van der Waals surface area contributed by atoms with Gasteiger partial charge in [0.1, 0.15) is 11.8 Å². The van der Waals surface area contributed by atoms with Gasteiger partial charge < -0.3 is 20.7 Å². The van der Waals surface area contributed by atoms with Crippen LogP contribution in [0.5, 0.6) is 5.75 Å². The standard InChI is InChI=1S/C22H27N3O3S/c1-28-18-9-7-17(8-10-18)24-21(26)19(11-12-29-2)25-22(27)20-13-15-5-3-4-6-16(15)14-23-20/h3-10,19-20,23H,11-14H2,1-2H3,(H,24,26)(H,25,27)/t19-,20-/m1/s1. The maximum absolute atomic E-state index is 12.8. The van der Waals surface area contributed by atoms with Crippen molar-refractivity contribution in [2.45, 2.75) is 31.5 Å². The number of thioether (sulfide) groups is 1. The number of hydrogen-bond donors (Lipinski definition) is 3. The molecule has 6 nitrogen and oxygen atoms in total. The van der Waals surface area contributed by atoms with E-state index in [1.165, 1.54) is 11.1 Å². The highest BCUT2D eigenvalue weighted by Gasteiger charge is 2.28. The lowest BCUT2D eigenvalue weighted by Crippen LogP contribution is -2.53. The fourth-order valence-electron chi connectivity index (χ4n) is 3.32. The highest BCUT2D eigenvalue weighted by atomic mass is 32.2. The second kappa shape index (κ2) is 10.3. The number of carbonyl (C=O) groups is 2. The molecule has 2 atom stereocenters. The average molecular weight is 414 g/mol. The van der Waals surface area contributed by atoms with Crippen LogP contribution >= 0.6 is 11.8 Å². The Hall–Kier alpha value is -2.51. The summed E-state index contributed by atoms with van der Waals surface area (Å²) in [5, 5.41) is 9.11. The van der Waals surface area contributed by atoms with Gasteiger partial charge in [-0.05, 0) is 60.2 Å². The van der Waals surface area contributed by atoms with Gasteiger partial charge in [-0.15, -0.1) is 0 Å². The Labute approximate surface area is 175 Å². The first kappa shape index (κ1) is 21.2. The molecule has 29 heavy (non-hydrogen) atoms. The number of nitrogens with one attached hydrogen (secondary N) is 3. The molecule has 0 saturated heterocycles. The molecule has 1 aliphatic rings. The number of benzene rings is 2. The van der Waals surface area contributed by atoms with E-state index in [0.717, 1.165) is 11.5 Å². The van der Waals surface area contributed by atoms with Gasteiger partial charge in [0.2, 0.25) is 11.8 Å². The molecular weight excluding hydrogens is 386 g/mol. The number of ether oxygens (including phenoxy) is 1. The summed E-state index contributed by atoms with van der Waals surface area (Å²) in [5.74, 6) is 1.14. The molecule has 0 unspecified atom stereocenters. The van der Waals surface area contributed by atoms with E-state index in [2.05, 4.69) is 28.1 Å². The maximum atomic E-state index is 12.8. The minimum Gasteiger partial charge on any atom is -0.497 e. The smallest absolute Gasteiger partial charge is 0.246 e. The number of carbonyl (C=O) groups excluding carboxylic acids is 2. The van der Waals surface area contributed by atoms with E-state index in [4.69, 9.17) is 4.74 Å². The normalized spacial score (nSPS) is 16.4. The summed E-state index contributed by atoms with van der Waals surface area (Å²) in [5.41, 5.74) is 3.06. The second-order valence-electron chi connectivity index (χ2n) is 6.97. The van der Waals surface area contributed by atoms with E-state index in [1.807, 2.05) is 18.4 Å². The van der Waals surface area contributed by atoms with Gasteiger partial charge in [0.05, 0.1) is 13.2 Å². The number of rotatable bonds is 8. The van der Waals surface area contributed by atoms with Crippen LogP contribution in [0.4, 0.5) is 5.69 Å². The van der Waals surface area contributed by atoms with Gasteiger partial charge in [-0.1, -0.05) is 24.3 Å². The number of amides is 2. The fraction of sp³-hybridized carbons (Fsp3) is 0.364. The van der Waals surface area contributed by atoms with Crippen LogP contribution in [0, 0.1) is 0 Å². The Balaban J connectivity index is 1.63. The Morgan fingerprint density at radius 3 is 2.59 bits per heavy atom. The van der Waals surface area contributed by atoms with E-state index in [-0.39, 0.29) is 17.9 Å². The minimum absolute atomic E-state index is 0.143. The lowest BCUT2D eigenvalue weighted by atomic mass is 9.95. The number of hydrogen-bond acceptors (Lipinski definition) is 5. The van der Waals surface area contributed by atoms with Crippen molar-refractivity contribution >= 4 is 29.3 Å². The number of methoxy groups -OCH3 is 1. The third kappa shape index (κ3) is 5.74.